The van der Waals surface area contributed by atoms with Crippen molar-refractivity contribution in [1.82, 2.24) is 9.62 Å². The Balaban J connectivity index is 2.19. The number of unbranched alkanes of at least 4 members (excludes halogenated alkanes) is 1. The third-order valence-corrected chi connectivity index (χ3v) is 4.71. The lowest BCUT2D eigenvalue weighted by atomic mass is 10.1. The molecule has 0 aromatic heterocycles. The average molecular weight is 291 g/mol. The first-order valence-corrected chi connectivity index (χ1v) is 8.65. The maximum atomic E-state index is 11.8. The van der Waals surface area contributed by atoms with Crippen molar-refractivity contribution in [1.29, 1.82) is 0 Å². The number of carbonyl (C=O) groups excluding carboxylic acids is 1. The van der Waals surface area contributed by atoms with E-state index >= 15 is 0 Å². The van der Waals surface area contributed by atoms with E-state index in [1.807, 2.05) is 4.90 Å². The second-order valence-corrected chi connectivity index (χ2v) is 6.83. The molecular formula is C12H25N3O3S. The van der Waals surface area contributed by atoms with Crippen molar-refractivity contribution in [3.63, 3.8) is 0 Å². The monoisotopic (exact) mass is 291 g/mol. The molecule has 1 saturated heterocycles. The molecule has 1 amide bonds. The minimum absolute atomic E-state index is 0.0457. The number of nitrogens with zero attached hydrogens (tertiary/aromatic N) is 1. The number of nitrogens with two attached hydrogens (primary N) is 1. The Morgan fingerprint density at radius 2 is 1.84 bits per heavy atom. The van der Waals surface area contributed by atoms with Gasteiger partial charge < -0.3 is 10.6 Å². The van der Waals surface area contributed by atoms with Crippen LogP contribution in [0.1, 0.15) is 38.5 Å². The molecule has 3 N–H and O–H groups in total. The highest BCUT2D eigenvalue weighted by Gasteiger charge is 2.17. The normalized spacial score (nSPS) is 16.6. The molecule has 1 aliphatic rings. The maximum Gasteiger partial charge on any atom is 0.223 e. The molecule has 1 fully saturated rings. The van der Waals surface area contributed by atoms with Crippen molar-refractivity contribution in [2.24, 2.45) is 5.73 Å². The molecular weight excluding hydrogens is 266 g/mol. The summed E-state index contributed by atoms with van der Waals surface area (Å²) in [6, 6.07) is 0. The van der Waals surface area contributed by atoms with E-state index in [4.69, 9.17) is 5.73 Å². The Hall–Kier alpha value is -0.660. The van der Waals surface area contributed by atoms with Crippen molar-refractivity contribution in [2.45, 2.75) is 38.5 Å². The van der Waals surface area contributed by atoms with Crippen LogP contribution in [-0.2, 0) is 14.8 Å². The summed E-state index contributed by atoms with van der Waals surface area (Å²) in [5.41, 5.74) is 5.31. The summed E-state index contributed by atoms with van der Waals surface area (Å²) in [5, 5.41) is 0. The average Bonchev–Trinajstić information content (AvgIpc) is 2.39. The largest absolute Gasteiger partial charge is 0.343 e. The molecule has 0 unspecified atom stereocenters. The SMILES string of the molecule is NCCCCS(=O)(=O)NCCC(=O)N1CCCCC1. The van der Waals surface area contributed by atoms with Gasteiger partial charge in [-0.25, -0.2) is 13.1 Å². The third-order valence-electron chi connectivity index (χ3n) is 3.24. The fourth-order valence-corrected chi connectivity index (χ4v) is 3.27. The highest BCUT2D eigenvalue weighted by Crippen LogP contribution is 2.09. The number of hydrogen-bond acceptors (Lipinski definition) is 4. The van der Waals surface area contributed by atoms with Gasteiger partial charge in [-0.3, -0.25) is 4.79 Å². The van der Waals surface area contributed by atoms with Crippen LogP contribution in [0.15, 0.2) is 0 Å². The second kappa shape index (κ2) is 8.50. The Morgan fingerprint density at radius 3 is 2.47 bits per heavy atom. The van der Waals surface area contributed by atoms with Crippen LogP contribution >= 0.6 is 0 Å². The summed E-state index contributed by atoms with van der Waals surface area (Å²) in [6.45, 7) is 2.31. The first-order chi connectivity index (χ1) is 9.05. The lowest BCUT2D eigenvalue weighted by molar-refractivity contribution is -0.131. The van der Waals surface area contributed by atoms with Crippen LogP contribution in [0.3, 0.4) is 0 Å². The summed E-state index contributed by atoms with van der Waals surface area (Å²) in [7, 11) is -3.26. The standard InChI is InChI=1S/C12H25N3O3S/c13-7-2-5-11-19(17,18)14-8-6-12(16)15-9-3-1-4-10-15/h14H,1-11,13H2. The van der Waals surface area contributed by atoms with Crippen LogP contribution in [-0.4, -0.2) is 51.2 Å². The van der Waals surface area contributed by atoms with E-state index < -0.39 is 10.0 Å². The van der Waals surface area contributed by atoms with Crippen LogP contribution in [0.4, 0.5) is 0 Å². The number of rotatable bonds is 8. The molecule has 0 aliphatic carbocycles. The lowest BCUT2D eigenvalue weighted by Crippen LogP contribution is -2.38. The van der Waals surface area contributed by atoms with Gasteiger partial charge in [-0.05, 0) is 38.6 Å². The van der Waals surface area contributed by atoms with Gasteiger partial charge in [0.25, 0.3) is 0 Å². The highest BCUT2D eigenvalue weighted by atomic mass is 32.2. The summed E-state index contributed by atoms with van der Waals surface area (Å²) in [5.74, 6) is 0.131. The molecule has 7 heteroatoms. The van der Waals surface area contributed by atoms with Crippen LogP contribution in [0.25, 0.3) is 0 Å². The van der Waals surface area contributed by atoms with Crippen LogP contribution in [0.5, 0.6) is 0 Å². The van der Waals surface area contributed by atoms with E-state index in [0.717, 1.165) is 25.9 Å². The topological polar surface area (TPSA) is 92.5 Å². The molecule has 19 heavy (non-hydrogen) atoms. The van der Waals surface area contributed by atoms with Crippen molar-refractivity contribution in [2.75, 3.05) is 31.9 Å². The molecule has 6 nitrogen and oxygen atoms in total. The molecule has 1 rings (SSSR count). The molecule has 112 valence electrons. The second-order valence-electron chi connectivity index (χ2n) is 4.90. The fraction of sp³-hybridized carbons (Fsp3) is 0.917. The molecule has 0 radical (unpaired) electrons. The highest BCUT2D eigenvalue weighted by molar-refractivity contribution is 7.89. The van der Waals surface area contributed by atoms with Gasteiger partial charge >= 0.3 is 0 Å². The number of sulfonamides is 1. The summed E-state index contributed by atoms with van der Waals surface area (Å²) in [6.07, 6.45) is 4.79. The van der Waals surface area contributed by atoms with Gasteiger partial charge in [-0.2, -0.15) is 0 Å². The van der Waals surface area contributed by atoms with Crippen LogP contribution in [0, 0.1) is 0 Å². The van der Waals surface area contributed by atoms with E-state index in [2.05, 4.69) is 4.72 Å². The van der Waals surface area contributed by atoms with E-state index in [1.165, 1.54) is 6.42 Å². The van der Waals surface area contributed by atoms with E-state index in [0.29, 0.717) is 19.4 Å². The smallest absolute Gasteiger partial charge is 0.223 e. The summed E-state index contributed by atoms with van der Waals surface area (Å²) >= 11 is 0. The van der Waals surface area contributed by atoms with Crippen LogP contribution in [0.2, 0.25) is 0 Å². The Kier molecular flexibility index (Phi) is 7.33. The predicted octanol–water partition coefficient (Wildman–Crippen LogP) is 0.0473. The molecule has 0 spiro atoms. The minimum atomic E-state index is -3.26. The lowest BCUT2D eigenvalue weighted by Gasteiger charge is -2.26. The molecule has 1 aliphatic heterocycles. The third kappa shape index (κ3) is 6.89. The molecule has 0 bridgehead atoms. The van der Waals surface area contributed by atoms with Gasteiger partial charge in [-0.15, -0.1) is 0 Å². The van der Waals surface area contributed by atoms with E-state index in [9.17, 15) is 13.2 Å². The molecule has 0 atom stereocenters. The first kappa shape index (κ1) is 16.4. The summed E-state index contributed by atoms with van der Waals surface area (Å²) < 4.78 is 25.6. The number of carbonyl (C=O) groups is 1. The maximum absolute atomic E-state index is 11.8. The quantitative estimate of drug-likeness (QED) is 0.618. The van der Waals surface area contributed by atoms with Gasteiger partial charge in [0.05, 0.1) is 5.75 Å². The van der Waals surface area contributed by atoms with Crippen LogP contribution < -0.4 is 10.5 Å². The number of amides is 1. The molecule has 0 saturated carbocycles. The zero-order valence-corrected chi connectivity index (χ0v) is 12.3. The van der Waals surface area contributed by atoms with E-state index in [-0.39, 0.29) is 24.6 Å². The first-order valence-electron chi connectivity index (χ1n) is 7.00. The number of likely N-dealkylation sites (tertiary alicyclic amines) is 1. The van der Waals surface area contributed by atoms with Crippen molar-refractivity contribution < 1.29 is 13.2 Å². The van der Waals surface area contributed by atoms with Gasteiger partial charge in [0, 0.05) is 26.1 Å². The Morgan fingerprint density at radius 1 is 1.16 bits per heavy atom. The van der Waals surface area contributed by atoms with Gasteiger partial charge in [0.1, 0.15) is 0 Å². The van der Waals surface area contributed by atoms with Crippen molar-refractivity contribution in [3.05, 3.63) is 0 Å². The van der Waals surface area contributed by atoms with Crippen molar-refractivity contribution in [3.8, 4) is 0 Å². The zero-order valence-electron chi connectivity index (χ0n) is 11.4. The van der Waals surface area contributed by atoms with Gasteiger partial charge in [0.2, 0.25) is 15.9 Å². The predicted molar refractivity (Wildman–Crippen MR) is 75.1 cm³/mol. The van der Waals surface area contributed by atoms with Gasteiger partial charge in [-0.1, -0.05) is 0 Å². The Labute approximate surface area is 115 Å². The molecule has 1 heterocycles. The molecule has 0 aromatic rings. The number of piperidine rings is 1. The molecule has 0 aromatic carbocycles. The van der Waals surface area contributed by atoms with Crippen molar-refractivity contribution >= 4 is 15.9 Å². The summed E-state index contributed by atoms with van der Waals surface area (Å²) in [4.78, 5) is 13.6. The number of hydrogen-bond donors (Lipinski definition) is 2. The fourth-order valence-electron chi connectivity index (χ4n) is 2.12. The zero-order chi connectivity index (χ0) is 14.1. The number of nitrogens with one attached hydrogen (secondary N) is 1. The minimum Gasteiger partial charge on any atom is -0.343 e. The van der Waals surface area contributed by atoms with E-state index in [1.54, 1.807) is 0 Å². The Bertz CT molecular complexity index is 364. The van der Waals surface area contributed by atoms with Gasteiger partial charge in [0.15, 0.2) is 0 Å².